The molecule has 0 spiro atoms. The molecule has 164 valence electrons. The minimum Gasteiger partial charge on any atom is -0.451 e. The number of hydrogen-bond acceptors (Lipinski definition) is 4. The van der Waals surface area contributed by atoms with Crippen molar-refractivity contribution in [2.45, 2.75) is 47.2 Å². The monoisotopic (exact) mass is 441 g/mol. The van der Waals surface area contributed by atoms with Crippen LogP contribution in [0.15, 0.2) is 35.9 Å². The summed E-state index contributed by atoms with van der Waals surface area (Å²) in [5.74, 6) is -0.728. The van der Waals surface area contributed by atoms with Crippen LogP contribution in [0.25, 0.3) is 6.08 Å². The number of aryl methyl sites for hydroxylation is 1. The van der Waals surface area contributed by atoms with Crippen molar-refractivity contribution in [2.75, 3.05) is 6.61 Å². The summed E-state index contributed by atoms with van der Waals surface area (Å²) in [5.41, 5.74) is 3.44. The van der Waals surface area contributed by atoms with E-state index in [1.165, 1.54) is 6.08 Å². The third-order valence-electron chi connectivity index (χ3n) is 4.95. The Bertz CT molecular complexity index is 1020. The highest BCUT2D eigenvalue weighted by atomic mass is 35.5. The van der Waals surface area contributed by atoms with E-state index in [9.17, 15) is 14.9 Å². The van der Waals surface area contributed by atoms with Gasteiger partial charge in [0, 0.05) is 29.5 Å². The van der Waals surface area contributed by atoms with Crippen LogP contribution in [0, 0.1) is 31.1 Å². The predicted octanol–water partition coefficient (Wildman–Crippen LogP) is 4.57. The SMILES string of the molecule is Cc1cc(C=C(C#N)C(=O)OCC(=O)NCc2ccccc2Cl)c(C)n1CCC(C)C. The zero-order valence-corrected chi connectivity index (χ0v) is 19.1. The van der Waals surface area contributed by atoms with Crippen LogP contribution in [0.1, 0.15) is 42.8 Å². The topological polar surface area (TPSA) is 84.1 Å². The third kappa shape index (κ3) is 7.01. The molecule has 0 aliphatic heterocycles. The Kier molecular flexibility index (Phi) is 8.89. The van der Waals surface area contributed by atoms with Gasteiger partial charge >= 0.3 is 5.97 Å². The molecule has 0 saturated carbocycles. The molecule has 0 saturated heterocycles. The molecule has 0 bridgehead atoms. The van der Waals surface area contributed by atoms with Crippen molar-refractivity contribution in [3.05, 3.63) is 63.4 Å². The lowest BCUT2D eigenvalue weighted by Gasteiger charge is -2.11. The van der Waals surface area contributed by atoms with Gasteiger partial charge in [0.05, 0.1) is 0 Å². The average Bonchev–Trinajstić information content (AvgIpc) is 3.00. The van der Waals surface area contributed by atoms with Gasteiger partial charge < -0.3 is 14.6 Å². The molecule has 31 heavy (non-hydrogen) atoms. The van der Waals surface area contributed by atoms with Crippen LogP contribution in [0.3, 0.4) is 0 Å². The summed E-state index contributed by atoms with van der Waals surface area (Å²) in [6, 6.07) is 11.0. The highest BCUT2D eigenvalue weighted by Gasteiger charge is 2.16. The second-order valence-electron chi connectivity index (χ2n) is 7.77. The number of carbonyl (C=O) groups is 2. The number of halogens is 1. The first kappa shape index (κ1) is 24.2. The molecule has 0 atom stereocenters. The normalized spacial score (nSPS) is 11.3. The number of ether oxygens (including phenoxy) is 1. The summed E-state index contributed by atoms with van der Waals surface area (Å²) >= 11 is 6.05. The molecule has 2 rings (SSSR count). The van der Waals surface area contributed by atoms with Gasteiger partial charge in [-0.25, -0.2) is 4.79 Å². The van der Waals surface area contributed by atoms with Crippen molar-refractivity contribution in [3.8, 4) is 6.07 Å². The number of esters is 1. The molecule has 6 nitrogen and oxygen atoms in total. The van der Waals surface area contributed by atoms with Crippen molar-refractivity contribution in [1.29, 1.82) is 5.26 Å². The van der Waals surface area contributed by atoms with E-state index in [2.05, 4.69) is 23.7 Å². The summed E-state index contributed by atoms with van der Waals surface area (Å²) < 4.78 is 7.20. The minimum absolute atomic E-state index is 0.150. The van der Waals surface area contributed by atoms with E-state index in [1.807, 2.05) is 32.0 Å². The van der Waals surface area contributed by atoms with E-state index >= 15 is 0 Å². The van der Waals surface area contributed by atoms with E-state index in [1.54, 1.807) is 18.2 Å². The van der Waals surface area contributed by atoms with E-state index in [4.69, 9.17) is 16.3 Å². The first-order valence-corrected chi connectivity index (χ1v) is 10.6. The van der Waals surface area contributed by atoms with Gasteiger partial charge in [-0.1, -0.05) is 43.6 Å². The van der Waals surface area contributed by atoms with Gasteiger partial charge in [0.15, 0.2) is 6.61 Å². The molecule has 1 heterocycles. The van der Waals surface area contributed by atoms with Crippen molar-refractivity contribution in [1.82, 2.24) is 9.88 Å². The molecule has 0 radical (unpaired) electrons. The molecule has 2 aromatic rings. The Labute approximate surface area is 188 Å². The molecule has 0 fully saturated rings. The Balaban J connectivity index is 1.98. The summed E-state index contributed by atoms with van der Waals surface area (Å²) in [7, 11) is 0. The summed E-state index contributed by atoms with van der Waals surface area (Å²) in [6.45, 7) is 8.92. The van der Waals surface area contributed by atoms with Crippen molar-refractivity contribution >= 4 is 29.6 Å². The average molecular weight is 442 g/mol. The van der Waals surface area contributed by atoms with Gasteiger partial charge in [0.1, 0.15) is 11.6 Å². The summed E-state index contributed by atoms with van der Waals surface area (Å²) in [4.78, 5) is 24.3. The maximum absolute atomic E-state index is 12.3. The molecule has 0 aliphatic rings. The number of amides is 1. The highest BCUT2D eigenvalue weighted by Crippen LogP contribution is 2.20. The Morgan fingerprint density at radius 2 is 2.00 bits per heavy atom. The van der Waals surface area contributed by atoms with Crippen LogP contribution >= 0.6 is 11.6 Å². The molecule has 1 aromatic heterocycles. The first-order valence-electron chi connectivity index (χ1n) is 10.2. The molecule has 1 aromatic carbocycles. The number of nitrogens with one attached hydrogen (secondary N) is 1. The maximum atomic E-state index is 12.3. The lowest BCUT2D eigenvalue weighted by Crippen LogP contribution is -2.28. The van der Waals surface area contributed by atoms with Crippen molar-refractivity contribution in [2.24, 2.45) is 5.92 Å². The Hall–Kier alpha value is -3.04. The number of benzene rings is 1. The summed E-state index contributed by atoms with van der Waals surface area (Å²) in [5, 5.41) is 12.6. The zero-order valence-electron chi connectivity index (χ0n) is 18.4. The largest absolute Gasteiger partial charge is 0.451 e. The lowest BCUT2D eigenvalue weighted by molar-refractivity contribution is -0.144. The van der Waals surface area contributed by atoms with Crippen molar-refractivity contribution < 1.29 is 14.3 Å². The molecular weight excluding hydrogens is 414 g/mol. The zero-order chi connectivity index (χ0) is 23.0. The Morgan fingerprint density at radius 1 is 1.29 bits per heavy atom. The molecule has 1 N–H and O–H groups in total. The van der Waals surface area contributed by atoms with Crippen LogP contribution in [-0.2, 0) is 27.4 Å². The number of hydrogen-bond donors (Lipinski definition) is 1. The standard InChI is InChI=1S/C24H28ClN3O3/c1-16(2)9-10-28-17(3)11-20(18(28)4)12-21(13-26)24(30)31-15-23(29)27-14-19-7-5-6-8-22(19)25/h5-8,11-12,16H,9-10,14-15H2,1-4H3,(H,27,29). The van der Waals surface area contributed by atoms with Crippen LogP contribution in [0.5, 0.6) is 0 Å². The second kappa shape index (κ2) is 11.4. The lowest BCUT2D eigenvalue weighted by atomic mass is 10.1. The van der Waals surface area contributed by atoms with Crippen LogP contribution in [0.2, 0.25) is 5.02 Å². The minimum atomic E-state index is -0.831. The fraction of sp³-hybridized carbons (Fsp3) is 0.375. The van der Waals surface area contributed by atoms with Crippen LogP contribution < -0.4 is 5.32 Å². The van der Waals surface area contributed by atoms with E-state index in [0.717, 1.165) is 35.5 Å². The quantitative estimate of drug-likeness (QED) is 0.351. The molecule has 0 unspecified atom stereocenters. The number of nitrogens with zero attached hydrogens (tertiary/aromatic N) is 2. The van der Waals surface area contributed by atoms with Crippen LogP contribution in [0.4, 0.5) is 0 Å². The van der Waals surface area contributed by atoms with Gasteiger partial charge in [-0.15, -0.1) is 0 Å². The van der Waals surface area contributed by atoms with E-state index in [-0.39, 0.29) is 12.1 Å². The predicted molar refractivity (Wildman–Crippen MR) is 121 cm³/mol. The number of rotatable bonds is 9. The first-order chi connectivity index (χ1) is 14.7. The molecule has 0 aliphatic carbocycles. The van der Waals surface area contributed by atoms with E-state index in [0.29, 0.717) is 10.9 Å². The van der Waals surface area contributed by atoms with Crippen LogP contribution in [-0.4, -0.2) is 23.1 Å². The Morgan fingerprint density at radius 3 is 2.65 bits per heavy atom. The van der Waals surface area contributed by atoms with Gasteiger partial charge in [0.2, 0.25) is 0 Å². The number of carbonyl (C=O) groups excluding carboxylic acids is 2. The highest BCUT2D eigenvalue weighted by molar-refractivity contribution is 6.31. The smallest absolute Gasteiger partial charge is 0.349 e. The maximum Gasteiger partial charge on any atom is 0.349 e. The fourth-order valence-corrected chi connectivity index (χ4v) is 3.30. The third-order valence-corrected chi connectivity index (χ3v) is 5.32. The summed E-state index contributed by atoms with van der Waals surface area (Å²) in [6.07, 6.45) is 2.55. The van der Waals surface area contributed by atoms with Gasteiger partial charge in [-0.05, 0) is 55.5 Å². The number of aromatic nitrogens is 1. The molecular formula is C24H28ClN3O3. The van der Waals surface area contributed by atoms with E-state index < -0.39 is 18.5 Å². The second-order valence-corrected chi connectivity index (χ2v) is 8.18. The fourth-order valence-electron chi connectivity index (χ4n) is 3.09. The van der Waals surface area contributed by atoms with Gasteiger partial charge in [-0.3, -0.25) is 4.79 Å². The van der Waals surface area contributed by atoms with Gasteiger partial charge in [0.25, 0.3) is 5.91 Å². The molecule has 7 heteroatoms. The number of nitriles is 1. The van der Waals surface area contributed by atoms with Gasteiger partial charge in [-0.2, -0.15) is 5.26 Å². The molecule has 1 amide bonds. The van der Waals surface area contributed by atoms with Crippen molar-refractivity contribution in [3.63, 3.8) is 0 Å².